The van der Waals surface area contributed by atoms with Crippen LogP contribution in [0.3, 0.4) is 0 Å². The van der Waals surface area contributed by atoms with Crippen molar-refractivity contribution in [2.24, 2.45) is 0 Å². The van der Waals surface area contributed by atoms with Crippen molar-refractivity contribution in [1.82, 2.24) is 4.90 Å². The molecule has 0 saturated carbocycles. The van der Waals surface area contributed by atoms with Crippen LogP contribution in [-0.4, -0.2) is 29.9 Å². The van der Waals surface area contributed by atoms with Gasteiger partial charge in [-0.3, -0.25) is 0 Å². The van der Waals surface area contributed by atoms with E-state index in [1.54, 1.807) is 0 Å². The van der Waals surface area contributed by atoms with Gasteiger partial charge in [0.05, 0.1) is 0 Å². The molecular weight excluding hydrogens is 242 g/mol. The number of hydrogen-bond donors (Lipinski definition) is 0. The minimum Gasteiger partial charge on any atom is -0.300 e. The number of likely N-dealkylation sites (tertiary alicyclic amines) is 1. The van der Waals surface area contributed by atoms with Crippen LogP contribution in [0, 0.1) is 0 Å². The Balaban J connectivity index is 1.69. The van der Waals surface area contributed by atoms with Crippen molar-refractivity contribution >= 4 is 11.6 Å². The van der Waals surface area contributed by atoms with Gasteiger partial charge in [0.2, 0.25) is 0 Å². The van der Waals surface area contributed by atoms with Crippen LogP contribution in [0.15, 0.2) is 30.3 Å². The van der Waals surface area contributed by atoms with Gasteiger partial charge in [0.1, 0.15) is 0 Å². The minimum atomic E-state index is 0.805. The molecule has 1 unspecified atom stereocenters. The molecule has 18 heavy (non-hydrogen) atoms. The predicted molar refractivity (Wildman–Crippen MR) is 79.3 cm³/mol. The smallest absolute Gasteiger partial charge is 0.0224 e. The van der Waals surface area contributed by atoms with Crippen LogP contribution in [-0.2, 0) is 6.42 Å². The monoisotopic (exact) mass is 265 g/mol. The lowest BCUT2D eigenvalue weighted by molar-refractivity contribution is 0.239. The van der Waals surface area contributed by atoms with Crippen LogP contribution >= 0.6 is 11.6 Å². The van der Waals surface area contributed by atoms with Gasteiger partial charge in [-0.05, 0) is 57.2 Å². The minimum absolute atomic E-state index is 0.805. The van der Waals surface area contributed by atoms with E-state index in [1.807, 2.05) is 0 Å². The Hall–Kier alpha value is -0.530. The molecule has 1 heterocycles. The highest BCUT2D eigenvalue weighted by atomic mass is 35.5. The van der Waals surface area contributed by atoms with Gasteiger partial charge >= 0.3 is 0 Å². The summed E-state index contributed by atoms with van der Waals surface area (Å²) in [5.41, 5.74) is 1.47. The second-order valence-corrected chi connectivity index (χ2v) is 5.63. The number of rotatable bonds is 7. The molecule has 100 valence electrons. The van der Waals surface area contributed by atoms with Gasteiger partial charge < -0.3 is 4.90 Å². The summed E-state index contributed by atoms with van der Waals surface area (Å²) >= 11 is 5.79. The maximum Gasteiger partial charge on any atom is 0.0224 e. The Kier molecular flexibility index (Phi) is 6.02. The van der Waals surface area contributed by atoms with Crippen molar-refractivity contribution in [2.45, 2.75) is 44.6 Å². The van der Waals surface area contributed by atoms with Crippen molar-refractivity contribution in [1.29, 1.82) is 0 Å². The lowest BCUT2D eigenvalue weighted by atomic mass is 10.1. The van der Waals surface area contributed by atoms with Crippen LogP contribution in [0.1, 0.15) is 37.7 Å². The van der Waals surface area contributed by atoms with E-state index in [9.17, 15) is 0 Å². The fourth-order valence-electron chi connectivity index (χ4n) is 2.96. The highest BCUT2D eigenvalue weighted by Gasteiger charge is 2.22. The molecule has 1 aliphatic heterocycles. The van der Waals surface area contributed by atoms with E-state index in [0.29, 0.717) is 0 Å². The zero-order valence-corrected chi connectivity index (χ0v) is 11.9. The van der Waals surface area contributed by atoms with Crippen LogP contribution in [0.2, 0.25) is 0 Å². The lowest BCUT2D eigenvalue weighted by Crippen LogP contribution is -2.30. The van der Waals surface area contributed by atoms with Crippen molar-refractivity contribution in [2.75, 3.05) is 19.0 Å². The molecule has 0 amide bonds. The summed E-state index contributed by atoms with van der Waals surface area (Å²) < 4.78 is 0. The second-order valence-electron chi connectivity index (χ2n) is 5.25. The Labute approximate surface area is 116 Å². The summed E-state index contributed by atoms with van der Waals surface area (Å²) in [5, 5.41) is 0. The first kappa shape index (κ1) is 13.9. The van der Waals surface area contributed by atoms with Crippen molar-refractivity contribution < 1.29 is 0 Å². The first-order chi connectivity index (χ1) is 8.90. The molecule has 0 aromatic heterocycles. The molecule has 0 aliphatic carbocycles. The summed E-state index contributed by atoms with van der Waals surface area (Å²) in [6, 6.07) is 11.6. The van der Waals surface area contributed by atoms with Gasteiger partial charge in [0.15, 0.2) is 0 Å². The first-order valence-corrected chi connectivity index (χ1v) is 7.77. The fourth-order valence-corrected chi connectivity index (χ4v) is 3.11. The van der Waals surface area contributed by atoms with Gasteiger partial charge in [-0.15, -0.1) is 11.6 Å². The number of nitrogens with zero attached hydrogens (tertiary/aromatic N) is 1. The summed E-state index contributed by atoms with van der Waals surface area (Å²) in [7, 11) is 0. The molecule has 1 aromatic carbocycles. The van der Waals surface area contributed by atoms with E-state index in [4.69, 9.17) is 11.6 Å². The van der Waals surface area contributed by atoms with Crippen LogP contribution in [0.4, 0.5) is 0 Å². The van der Waals surface area contributed by atoms with Crippen molar-refractivity contribution in [3.8, 4) is 0 Å². The molecule has 0 bridgehead atoms. The van der Waals surface area contributed by atoms with E-state index in [-0.39, 0.29) is 0 Å². The Morgan fingerprint density at radius 2 is 2.00 bits per heavy atom. The SMILES string of the molecule is ClCCCC1CCCN1CCCc1ccccc1. The number of benzene rings is 1. The molecule has 0 N–H and O–H groups in total. The Morgan fingerprint density at radius 1 is 1.17 bits per heavy atom. The van der Waals surface area contributed by atoms with E-state index < -0.39 is 0 Å². The number of alkyl halides is 1. The van der Waals surface area contributed by atoms with E-state index in [2.05, 4.69) is 35.2 Å². The fraction of sp³-hybridized carbons (Fsp3) is 0.625. The van der Waals surface area contributed by atoms with Crippen molar-refractivity contribution in [3.05, 3.63) is 35.9 Å². The normalized spacial score (nSPS) is 20.4. The van der Waals surface area contributed by atoms with Gasteiger partial charge in [-0.2, -0.15) is 0 Å². The van der Waals surface area contributed by atoms with Crippen LogP contribution < -0.4 is 0 Å². The van der Waals surface area contributed by atoms with Gasteiger partial charge in [0, 0.05) is 11.9 Å². The summed E-state index contributed by atoms with van der Waals surface area (Å²) in [4.78, 5) is 2.68. The molecule has 1 aliphatic rings. The molecule has 2 rings (SSSR count). The third kappa shape index (κ3) is 4.29. The lowest BCUT2D eigenvalue weighted by Gasteiger charge is -2.24. The third-order valence-electron chi connectivity index (χ3n) is 3.92. The van der Waals surface area contributed by atoms with Gasteiger partial charge in [0.25, 0.3) is 0 Å². The van der Waals surface area contributed by atoms with E-state index in [0.717, 1.165) is 11.9 Å². The Morgan fingerprint density at radius 3 is 2.78 bits per heavy atom. The van der Waals surface area contributed by atoms with E-state index >= 15 is 0 Å². The molecule has 2 heteroatoms. The largest absolute Gasteiger partial charge is 0.300 e. The molecular formula is C16H24ClN. The molecule has 0 spiro atoms. The number of aryl methyl sites for hydroxylation is 1. The molecule has 1 nitrogen and oxygen atoms in total. The number of hydrogen-bond acceptors (Lipinski definition) is 1. The maximum atomic E-state index is 5.79. The molecule has 1 saturated heterocycles. The number of halogens is 1. The van der Waals surface area contributed by atoms with Crippen LogP contribution in [0.5, 0.6) is 0 Å². The topological polar surface area (TPSA) is 3.24 Å². The predicted octanol–water partition coefficient (Wildman–Crippen LogP) is 4.10. The van der Waals surface area contributed by atoms with E-state index in [1.165, 1.54) is 57.2 Å². The van der Waals surface area contributed by atoms with Crippen LogP contribution in [0.25, 0.3) is 0 Å². The molecule has 1 fully saturated rings. The summed E-state index contributed by atoms with van der Waals surface area (Å²) in [5.74, 6) is 0.814. The van der Waals surface area contributed by atoms with Gasteiger partial charge in [-0.25, -0.2) is 0 Å². The zero-order chi connectivity index (χ0) is 12.6. The second kappa shape index (κ2) is 7.81. The maximum absolute atomic E-state index is 5.79. The average Bonchev–Trinajstić information content (AvgIpc) is 2.85. The summed E-state index contributed by atoms with van der Waals surface area (Å²) in [6.45, 7) is 2.55. The third-order valence-corrected chi connectivity index (χ3v) is 4.19. The molecule has 0 radical (unpaired) electrons. The standard InChI is InChI=1S/C16H24ClN/c17-12-4-10-16-11-6-14-18(16)13-5-9-15-7-2-1-3-8-15/h1-3,7-8,16H,4-6,9-14H2. The Bertz CT molecular complexity index is 325. The average molecular weight is 266 g/mol. The zero-order valence-electron chi connectivity index (χ0n) is 11.2. The molecule has 1 aromatic rings. The van der Waals surface area contributed by atoms with Gasteiger partial charge in [-0.1, -0.05) is 30.3 Å². The highest BCUT2D eigenvalue weighted by Crippen LogP contribution is 2.22. The van der Waals surface area contributed by atoms with Crippen molar-refractivity contribution in [3.63, 3.8) is 0 Å². The molecule has 1 atom stereocenters. The summed E-state index contributed by atoms with van der Waals surface area (Å²) in [6.07, 6.45) is 7.69. The first-order valence-electron chi connectivity index (χ1n) is 7.24. The quantitative estimate of drug-likeness (QED) is 0.671. The highest BCUT2D eigenvalue weighted by molar-refractivity contribution is 6.17.